The molecule has 1 saturated carbocycles. The first kappa shape index (κ1) is 13.1. The van der Waals surface area contributed by atoms with Crippen LogP contribution in [0.3, 0.4) is 0 Å². The van der Waals surface area contributed by atoms with Gasteiger partial charge in [-0.05, 0) is 30.4 Å². The smallest absolute Gasteiger partial charge is 0.284 e. The molecule has 0 atom stereocenters. The Labute approximate surface area is 102 Å². The zero-order valence-electron chi connectivity index (χ0n) is 9.56. The van der Waals surface area contributed by atoms with Crippen LogP contribution in [0.25, 0.3) is 0 Å². The van der Waals surface area contributed by atoms with Gasteiger partial charge in [0.05, 0.1) is 0 Å². The van der Waals surface area contributed by atoms with Crippen molar-refractivity contribution in [3.8, 4) is 0 Å². The van der Waals surface area contributed by atoms with Gasteiger partial charge < -0.3 is 0 Å². The summed E-state index contributed by atoms with van der Waals surface area (Å²) in [5.41, 5.74) is -0.215. The van der Waals surface area contributed by atoms with Crippen molar-refractivity contribution in [3.05, 3.63) is 35.1 Å². The quantitative estimate of drug-likeness (QED) is 0.574. The highest BCUT2D eigenvalue weighted by Crippen LogP contribution is 2.36. The van der Waals surface area contributed by atoms with Gasteiger partial charge >= 0.3 is 6.18 Å². The number of carbonyl (C=O) groups excluding carboxylic acids is 1. The van der Waals surface area contributed by atoms with Crippen LogP contribution in [-0.4, -0.2) is 12.0 Å². The van der Waals surface area contributed by atoms with Gasteiger partial charge in [0.25, 0.3) is 5.78 Å². The molecule has 0 aliphatic heterocycles. The van der Waals surface area contributed by atoms with Crippen molar-refractivity contribution in [2.24, 2.45) is 0 Å². The van der Waals surface area contributed by atoms with E-state index in [1.165, 1.54) is 6.07 Å². The van der Waals surface area contributed by atoms with Crippen LogP contribution in [-0.2, 0) is 0 Å². The highest BCUT2D eigenvalue weighted by Gasteiger charge is 2.39. The van der Waals surface area contributed by atoms with Gasteiger partial charge in [0.1, 0.15) is 5.82 Å². The lowest BCUT2D eigenvalue weighted by atomic mass is 9.95. The molecule has 1 aromatic carbocycles. The molecular formula is C13H12F4O. The van der Waals surface area contributed by atoms with E-state index in [0.717, 1.165) is 31.7 Å². The Hall–Kier alpha value is -1.39. The largest absolute Gasteiger partial charge is 0.454 e. The summed E-state index contributed by atoms with van der Waals surface area (Å²) < 4.78 is 50.3. The van der Waals surface area contributed by atoms with Crippen LogP contribution in [0.2, 0.25) is 0 Å². The van der Waals surface area contributed by atoms with Gasteiger partial charge in [-0.25, -0.2) is 4.39 Å². The molecule has 0 radical (unpaired) electrons. The van der Waals surface area contributed by atoms with Crippen molar-refractivity contribution in [2.75, 3.05) is 0 Å². The van der Waals surface area contributed by atoms with Gasteiger partial charge in [-0.2, -0.15) is 13.2 Å². The first-order valence-corrected chi connectivity index (χ1v) is 5.80. The normalized spacial score (nSPS) is 17.1. The minimum atomic E-state index is -4.96. The average Bonchev–Trinajstić information content (AvgIpc) is 2.80. The number of hydrogen-bond acceptors (Lipinski definition) is 1. The minimum absolute atomic E-state index is 0.0695. The van der Waals surface area contributed by atoms with E-state index in [0.29, 0.717) is 11.6 Å². The molecule has 1 aliphatic rings. The summed E-state index contributed by atoms with van der Waals surface area (Å²) >= 11 is 0. The SMILES string of the molecule is O=C(c1ccc(C2CCCC2)c(F)c1)C(F)(F)F. The molecule has 0 amide bonds. The van der Waals surface area contributed by atoms with Crippen molar-refractivity contribution in [3.63, 3.8) is 0 Å². The average molecular weight is 260 g/mol. The van der Waals surface area contributed by atoms with Gasteiger partial charge in [0, 0.05) is 5.56 Å². The summed E-state index contributed by atoms with van der Waals surface area (Å²) in [6, 6.07) is 3.07. The molecule has 2 rings (SSSR count). The minimum Gasteiger partial charge on any atom is -0.284 e. The standard InChI is InChI=1S/C13H12F4O/c14-11-7-9(12(18)13(15,16)17)5-6-10(11)8-3-1-2-4-8/h5-8H,1-4H2. The Balaban J connectivity index is 2.27. The van der Waals surface area contributed by atoms with Crippen LogP contribution in [0.4, 0.5) is 17.6 Å². The molecular weight excluding hydrogens is 248 g/mol. The van der Waals surface area contributed by atoms with E-state index in [2.05, 4.69) is 0 Å². The second kappa shape index (κ2) is 4.71. The molecule has 1 nitrogen and oxygen atoms in total. The number of carbonyl (C=O) groups is 1. The molecule has 18 heavy (non-hydrogen) atoms. The third-order valence-electron chi connectivity index (χ3n) is 3.32. The van der Waals surface area contributed by atoms with Crippen molar-refractivity contribution in [1.29, 1.82) is 0 Å². The Morgan fingerprint density at radius 3 is 2.28 bits per heavy atom. The Kier molecular flexibility index (Phi) is 3.41. The molecule has 0 aromatic heterocycles. The van der Waals surface area contributed by atoms with Crippen LogP contribution >= 0.6 is 0 Å². The third-order valence-corrected chi connectivity index (χ3v) is 3.32. The third kappa shape index (κ3) is 2.54. The number of halogens is 4. The topological polar surface area (TPSA) is 17.1 Å². The molecule has 0 saturated heterocycles. The predicted molar refractivity (Wildman–Crippen MR) is 58.0 cm³/mol. The maximum Gasteiger partial charge on any atom is 0.454 e. The summed E-state index contributed by atoms with van der Waals surface area (Å²) in [6.45, 7) is 0. The Morgan fingerprint density at radius 2 is 1.78 bits per heavy atom. The highest BCUT2D eigenvalue weighted by atomic mass is 19.4. The van der Waals surface area contributed by atoms with E-state index in [-0.39, 0.29) is 5.92 Å². The van der Waals surface area contributed by atoms with E-state index >= 15 is 0 Å². The Morgan fingerprint density at radius 1 is 1.17 bits per heavy atom. The number of benzene rings is 1. The van der Waals surface area contributed by atoms with Gasteiger partial charge in [-0.1, -0.05) is 25.0 Å². The summed E-state index contributed by atoms with van der Waals surface area (Å²) in [5.74, 6) is -2.64. The van der Waals surface area contributed by atoms with Crippen LogP contribution < -0.4 is 0 Å². The van der Waals surface area contributed by atoms with Crippen molar-refractivity contribution < 1.29 is 22.4 Å². The molecule has 0 bridgehead atoms. The molecule has 1 aliphatic carbocycles. The molecule has 0 heterocycles. The molecule has 0 spiro atoms. The van der Waals surface area contributed by atoms with Crippen LogP contribution in [0.5, 0.6) is 0 Å². The van der Waals surface area contributed by atoms with Crippen LogP contribution in [0.15, 0.2) is 18.2 Å². The molecule has 1 aromatic rings. The lowest BCUT2D eigenvalue weighted by Gasteiger charge is -2.12. The maximum atomic E-state index is 13.7. The fraction of sp³-hybridized carbons (Fsp3) is 0.462. The summed E-state index contributed by atoms with van der Waals surface area (Å²) in [4.78, 5) is 11.0. The number of alkyl halides is 3. The van der Waals surface area contributed by atoms with Crippen molar-refractivity contribution >= 4 is 5.78 Å². The zero-order chi connectivity index (χ0) is 13.3. The van der Waals surface area contributed by atoms with E-state index < -0.39 is 23.3 Å². The van der Waals surface area contributed by atoms with Crippen molar-refractivity contribution in [1.82, 2.24) is 0 Å². The zero-order valence-corrected chi connectivity index (χ0v) is 9.56. The molecule has 0 unspecified atom stereocenters. The number of hydrogen-bond donors (Lipinski definition) is 0. The fourth-order valence-electron chi connectivity index (χ4n) is 2.40. The van der Waals surface area contributed by atoms with Gasteiger partial charge in [0.2, 0.25) is 0 Å². The summed E-state index contributed by atoms with van der Waals surface area (Å²) in [5, 5.41) is 0. The van der Waals surface area contributed by atoms with Gasteiger partial charge in [-0.3, -0.25) is 4.79 Å². The lowest BCUT2D eigenvalue weighted by molar-refractivity contribution is -0.0885. The maximum absolute atomic E-state index is 13.7. The molecule has 98 valence electrons. The first-order valence-electron chi connectivity index (χ1n) is 5.80. The second-order valence-electron chi connectivity index (χ2n) is 4.54. The molecule has 0 N–H and O–H groups in total. The van der Waals surface area contributed by atoms with E-state index in [1.54, 1.807) is 0 Å². The fourth-order valence-corrected chi connectivity index (χ4v) is 2.40. The van der Waals surface area contributed by atoms with E-state index in [4.69, 9.17) is 0 Å². The monoisotopic (exact) mass is 260 g/mol. The van der Waals surface area contributed by atoms with E-state index in [1.807, 2.05) is 0 Å². The van der Waals surface area contributed by atoms with Gasteiger partial charge in [0.15, 0.2) is 0 Å². The molecule has 5 heteroatoms. The predicted octanol–water partition coefficient (Wildman–Crippen LogP) is 4.23. The van der Waals surface area contributed by atoms with Gasteiger partial charge in [-0.15, -0.1) is 0 Å². The summed E-state index contributed by atoms with van der Waals surface area (Å²) in [6.07, 6.45) is -1.24. The van der Waals surface area contributed by atoms with Crippen LogP contribution in [0, 0.1) is 5.82 Å². The summed E-state index contributed by atoms with van der Waals surface area (Å²) in [7, 11) is 0. The first-order chi connectivity index (χ1) is 8.39. The number of rotatable bonds is 2. The van der Waals surface area contributed by atoms with Crippen LogP contribution in [0.1, 0.15) is 47.5 Å². The second-order valence-corrected chi connectivity index (χ2v) is 4.54. The molecule has 1 fully saturated rings. The number of ketones is 1. The highest BCUT2D eigenvalue weighted by molar-refractivity contribution is 6.00. The lowest BCUT2D eigenvalue weighted by Crippen LogP contribution is -2.23. The number of Topliss-reactive ketones (excluding diaryl/α,β-unsaturated/α-hetero) is 1. The Bertz CT molecular complexity index is 459. The van der Waals surface area contributed by atoms with Crippen molar-refractivity contribution in [2.45, 2.75) is 37.8 Å². The van der Waals surface area contributed by atoms with E-state index in [9.17, 15) is 22.4 Å².